The van der Waals surface area contributed by atoms with E-state index >= 15 is 0 Å². The van der Waals surface area contributed by atoms with Crippen molar-refractivity contribution in [1.82, 2.24) is 10.6 Å². The van der Waals surface area contributed by atoms with Gasteiger partial charge in [0.15, 0.2) is 5.96 Å². The van der Waals surface area contributed by atoms with Crippen LogP contribution in [0.25, 0.3) is 0 Å². The highest BCUT2D eigenvalue weighted by molar-refractivity contribution is 14.0. The van der Waals surface area contributed by atoms with Crippen molar-refractivity contribution >= 4 is 35.6 Å². The first-order valence-corrected chi connectivity index (χ1v) is 11.8. The number of nitrogens with zero attached hydrogens (tertiary/aromatic N) is 2. The number of nitrogens with one attached hydrogen (secondary N) is 2. The number of hydrogen-bond donors (Lipinski definition) is 2. The van der Waals surface area contributed by atoms with E-state index < -0.39 is 0 Å². The number of ether oxygens (including phenoxy) is 2. The van der Waals surface area contributed by atoms with Crippen LogP contribution < -0.4 is 15.5 Å². The molecule has 2 N–H and O–H groups in total. The molecular weight excluding hydrogens is 527 g/mol. The highest BCUT2D eigenvalue weighted by atomic mass is 127. The number of hydrogen-bond acceptors (Lipinski definition) is 4. The molecule has 0 radical (unpaired) electrons. The van der Waals surface area contributed by atoms with E-state index in [0.717, 1.165) is 64.6 Å². The number of para-hydroxylation sites is 1. The van der Waals surface area contributed by atoms with Gasteiger partial charge in [0, 0.05) is 52.1 Å². The molecule has 0 aromatic heterocycles. The minimum atomic E-state index is 0. The van der Waals surface area contributed by atoms with Crippen LogP contribution in [0.5, 0.6) is 0 Å². The first kappa shape index (κ1) is 27.4. The lowest BCUT2D eigenvalue weighted by molar-refractivity contribution is -0.0390. The molecule has 1 aliphatic heterocycles. The average Bonchev–Trinajstić information content (AvgIpc) is 2.86. The molecule has 1 heterocycles. The number of halogens is 1. The van der Waals surface area contributed by atoms with Crippen LogP contribution >= 0.6 is 24.0 Å². The molecule has 0 bridgehead atoms. The third kappa shape index (κ3) is 9.90. The molecule has 2 aromatic carbocycles. The zero-order chi connectivity index (χ0) is 22.4. The summed E-state index contributed by atoms with van der Waals surface area (Å²) >= 11 is 0. The lowest BCUT2D eigenvalue weighted by Crippen LogP contribution is -2.38. The van der Waals surface area contributed by atoms with Crippen molar-refractivity contribution in [2.75, 3.05) is 44.8 Å². The van der Waals surface area contributed by atoms with Crippen LogP contribution in [0.1, 0.15) is 37.3 Å². The van der Waals surface area contributed by atoms with Gasteiger partial charge in [0.1, 0.15) is 0 Å². The van der Waals surface area contributed by atoms with Gasteiger partial charge in [0.05, 0.1) is 12.7 Å². The van der Waals surface area contributed by atoms with Crippen molar-refractivity contribution in [3.8, 4) is 0 Å². The molecule has 182 valence electrons. The van der Waals surface area contributed by atoms with Gasteiger partial charge >= 0.3 is 0 Å². The fourth-order valence-corrected chi connectivity index (χ4v) is 3.80. The van der Waals surface area contributed by atoms with E-state index in [2.05, 4.69) is 82.0 Å². The van der Waals surface area contributed by atoms with Crippen LogP contribution in [0.3, 0.4) is 0 Å². The summed E-state index contributed by atoms with van der Waals surface area (Å²) in [4.78, 5) is 6.74. The summed E-state index contributed by atoms with van der Waals surface area (Å²) in [5.41, 5.74) is 3.71. The Morgan fingerprint density at radius 1 is 1.03 bits per heavy atom. The highest BCUT2D eigenvalue weighted by Crippen LogP contribution is 2.14. The minimum Gasteiger partial charge on any atom is -0.381 e. The Kier molecular flexibility index (Phi) is 13.2. The SMILES string of the molecule is CCN(CCCNC(=NC)NCc1ccc(COC2CCOCC2)cc1)c1ccccc1.I. The van der Waals surface area contributed by atoms with Gasteiger partial charge in [0.25, 0.3) is 0 Å². The number of rotatable bonds is 11. The molecular formula is C26H39IN4O2. The molecule has 0 aliphatic carbocycles. The molecule has 0 saturated carbocycles. The Labute approximate surface area is 216 Å². The maximum absolute atomic E-state index is 6.00. The molecule has 7 heteroatoms. The van der Waals surface area contributed by atoms with E-state index in [0.29, 0.717) is 12.7 Å². The molecule has 0 unspecified atom stereocenters. The van der Waals surface area contributed by atoms with E-state index in [4.69, 9.17) is 9.47 Å². The monoisotopic (exact) mass is 566 g/mol. The fourth-order valence-electron chi connectivity index (χ4n) is 3.80. The van der Waals surface area contributed by atoms with E-state index in [9.17, 15) is 0 Å². The van der Waals surface area contributed by atoms with E-state index in [1.807, 2.05) is 7.05 Å². The van der Waals surface area contributed by atoms with Crippen LogP contribution in [-0.4, -0.2) is 52.0 Å². The van der Waals surface area contributed by atoms with Crippen molar-refractivity contribution in [2.24, 2.45) is 4.99 Å². The van der Waals surface area contributed by atoms with Crippen LogP contribution in [0.2, 0.25) is 0 Å². The topological polar surface area (TPSA) is 58.1 Å². The molecule has 1 fully saturated rings. The molecule has 0 amide bonds. The summed E-state index contributed by atoms with van der Waals surface area (Å²) < 4.78 is 11.4. The maximum atomic E-state index is 6.00. The molecule has 33 heavy (non-hydrogen) atoms. The summed E-state index contributed by atoms with van der Waals surface area (Å²) in [6.07, 6.45) is 3.37. The summed E-state index contributed by atoms with van der Waals surface area (Å²) in [5.74, 6) is 0.833. The summed E-state index contributed by atoms with van der Waals surface area (Å²) in [6.45, 7) is 8.14. The maximum Gasteiger partial charge on any atom is 0.191 e. The van der Waals surface area contributed by atoms with Crippen molar-refractivity contribution in [3.05, 3.63) is 65.7 Å². The molecule has 0 spiro atoms. The number of benzene rings is 2. The smallest absolute Gasteiger partial charge is 0.191 e. The lowest BCUT2D eigenvalue weighted by atomic mass is 10.1. The van der Waals surface area contributed by atoms with E-state index in [1.165, 1.54) is 16.8 Å². The summed E-state index contributed by atoms with van der Waals surface area (Å²) in [6, 6.07) is 19.2. The fraction of sp³-hybridized carbons (Fsp3) is 0.500. The van der Waals surface area contributed by atoms with Gasteiger partial charge in [-0.15, -0.1) is 24.0 Å². The van der Waals surface area contributed by atoms with Gasteiger partial charge in [-0.1, -0.05) is 42.5 Å². The van der Waals surface area contributed by atoms with Gasteiger partial charge in [-0.3, -0.25) is 4.99 Å². The molecule has 2 aromatic rings. The van der Waals surface area contributed by atoms with Gasteiger partial charge in [0.2, 0.25) is 0 Å². The van der Waals surface area contributed by atoms with Crippen LogP contribution in [0.4, 0.5) is 5.69 Å². The molecule has 1 saturated heterocycles. The van der Waals surface area contributed by atoms with Gasteiger partial charge in [-0.2, -0.15) is 0 Å². The Morgan fingerprint density at radius 3 is 2.39 bits per heavy atom. The molecule has 0 atom stereocenters. The first-order valence-electron chi connectivity index (χ1n) is 11.8. The van der Waals surface area contributed by atoms with E-state index in [1.54, 1.807) is 0 Å². The number of guanidine groups is 1. The van der Waals surface area contributed by atoms with Crippen molar-refractivity contribution in [2.45, 2.75) is 45.4 Å². The molecule has 6 nitrogen and oxygen atoms in total. The second-order valence-corrected chi connectivity index (χ2v) is 8.06. The van der Waals surface area contributed by atoms with E-state index in [-0.39, 0.29) is 24.0 Å². The van der Waals surface area contributed by atoms with Crippen molar-refractivity contribution in [3.63, 3.8) is 0 Å². The van der Waals surface area contributed by atoms with Gasteiger partial charge < -0.3 is 25.0 Å². The summed E-state index contributed by atoms with van der Waals surface area (Å²) in [7, 11) is 1.81. The van der Waals surface area contributed by atoms with Crippen molar-refractivity contribution in [1.29, 1.82) is 0 Å². The highest BCUT2D eigenvalue weighted by Gasteiger charge is 2.13. The molecule has 3 rings (SSSR count). The van der Waals surface area contributed by atoms with Crippen LogP contribution in [0, 0.1) is 0 Å². The van der Waals surface area contributed by atoms with Crippen molar-refractivity contribution < 1.29 is 9.47 Å². The zero-order valence-corrected chi connectivity index (χ0v) is 22.3. The van der Waals surface area contributed by atoms with Gasteiger partial charge in [-0.25, -0.2) is 0 Å². The van der Waals surface area contributed by atoms with Crippen LogP contribution in [-0.2, 0) is 22.6 Å². The zero-order valence-electron chi connectivity index (χ0n) is 20.0. The van der Waals surface area contributed by atoms with Crippen LogP contribution in [0.15, 0.2) is 59.6 Å². The second-order valence-electron chi connectivity index (χ2n) is 8.06. The molecule has 1 aliphatic rings. The standard InChI is InChI=1S/C26H38N4O2.HI/c1-3-30(24-8-5-4-6-9-24)17-7-16-28-26(27-2)29-20-22-10-12-23(13-11-22)21-32-25-14-18-31-19-15-25;/h4-6,8-13,25H,3,7,14-21H2,1-2H3,(H2,27,28,29);1H. The van der Waals surface area contributed by atoms with Gasteiger partial charge in [-0.05, 0) is 49.4 Å². The number of aliphatic imine (C=N–C) groups is 1. The third-order valence-corrected chi connectivity index (χ3v) is 5.76. The summed E-state index contributed by atoms with van der Waals surface area (Å²) in [5, 5.41) is 6.82. The predicted octanol–water partition coefficient (Wildman–Crippen LogP) is 4.58. The Morgan fingerprint density at radius 2 is 1.73 bits per heavy atom. The Balaban J connectivity index is 0.00000385. The quantitative estimate of drug-likeness (QED) is 0.181. The first-order chi connectivity index (χ1) is 15.8. The predicted molar refractivity (Wildman–Crippen MR) is 148 cm³/mol. The normalized spacial score (nSPS) is 14.4. The lowest BCUT2D eigenvalue weighted by Gasteiger charge is -2.23. The Hall–Kier alpha value is -1.84. The largest absolute Gasteiger partial charge is 0.381 e. The average molecular weight is 567 g/mol. The third-order valence-electron chi connectivity index (χ3n) is 5.76. The minimum absolute atomic E-state index is 0. The Bertz CT molecular complexity index is 796. The number of anilines is 1. The second kappa shape index (κ2) is 15.9.